The van der Waals surface area contributed by atoms with Gasteiger partial charge in [-0.05, 0) is 20.8 Å². The monoisotopic (exact) mass is 420 g/mol. The fourth-order valence-corrected chi connectivity index (χ4v) is 4.99. The predicted octanol–water partition coefficient (Wildman–Crippen LogP) is -0.394. The number of primary amides is 1. The molecule has 11 heteroatoms. The second-order valence-electron chi connectivity index (χ2n) is 8.06. The minimum absolute atomic E-state index is 0.119. The number of fused-ring (bicyclic) bond motifs is 4. The van der Waals surface area contributed by atoms with Crippen molar-refractivity contribution in [1.82, 2.24) is 9.80 Å². The molecule has 0 radical (unpaired) electrons. The number of methoxy groups -OCH3 is 1. The smallest absolute Gasteiger partial charge is 0.410 e. The number of hydrogen-bond acceptors (Lipinski definition) is 9. The van der Waals surface area contributed by atoms with Gasteiger partial charge in [-0.3, -0.25) is 14.5 Å². The van der Waals surface area contributed by atoms with Crippen molar-refractivity contribution in [3.8, 4) is 0 Å². The zero-order chi connectivity index (χ0) is 22.1. The molecule has 2 saturated heterocycles. The molecular weight excluding hydrogens is 396 g/mol. The predicted molar refractivity (Wildman–Crippen MR) is 100 cm³/mol. The van der Waals surface area contributed by atoms with E-state index in [-0.39, 0.29) is 53.6 Å². The number of hydrogen-bond donors (Lipinski definition) is 2. The highest BCUT2D eigenvalue weighted by Crippen LogP contribution is 2.59. The molecule has 0 aromatic carbocycles. The fourth-order valence-electron chi connectivity index (χ4n) is 4.99. The summed E-state index contributed by atoms with van der Waals surface area (Å²) in [5, 5.41) is 0. The second kappa shape index (κ2) is 6.46. The highest BCUT2D eigenvalue weighted by molar-refractivity contribution is 6.25. The van der Waals surface area contributed by atoms with Crippen molar-refractivity contribution in [3.05, 3.63) is 22.5 Å². The van der Waals surface area contributed by atoms with Crippen LogP contribution in [0.5, 0.6) is 0 Å². The standard InChI is InChI=1S/C19H24N4O7/c1-7(2)30-18(27)23-10-5-22-13-11(15(25)12(20)8(3)14(13)24)9(6-29-17(21)26)19(22,28-4)16(10)23/h7,9-10,16H,5-6,20H2,1-4H3,(H2,21,26)/t9-,10?,16?,19-,23?/m1/s1. The number of piperazine rings is 1. The minimum Gasteiger partial charge on any atom is -0.449 e. The van der Waals surface area contributed by atoms with Crippen LogP contribution < -0.4 is 11.5 Å². The van der Waals surface area contributed by atoms with Crippen molar-refractivity contribution in [2.75, 3.05) is 20.3 Å². The van der Waals surface area contributed by atoms with Gasteiger partial charge in [0.15, 0.2) is 5.72 Å². The molecular formula is C19H24N4O7. The Bertz CT molecular complexity index is 939. The van der Waals surface area contributed by atoms with Gasteiger partial charge in [0.1, 0.15) is 12.6 Å². The van der Waals surface area contributed by atoms with E-state index in [1.807, 2.05) is 0 Å². The summed E-state index contributed by atoms with van der Waals surface area (Å²) in [6.07, 6.45) is -1.85. The molecule has 4 aliphatic rings. The van der Waals surface area contributed by atoms with Crippen LogP contribution in [0.4, 0.5) is 9.59 Å². The Morgan fingerprint density at radius 2 is 1.93 bits per heavy atom. The molecule has 0 saturated carbocycles. The molecule has 0 aromatic heterocycles. The number of nitrogens with two attached hydrogens (primary N) is 2. The molecule has 1 aliphatic carbocycles. The normalized spacial score (nSPS) is 31.8. The lowest BCUT2D eigenvalue weighted by Crippen LogP contribution is -2.56. The number of ether oxygens (including phenoxy) is 3. The van der Waals surface area contributed by atoms with E-state index in [1.54, 1.807) is 18.7 Å². The Morgan fingerprint density at radius 3 is 2.50 bits per heavy atom. The summed E-state index contributed by atoms with van der Waals surface area (Å²) in [7, 11) is 1.42. The van der Waals surface area contributed by atoms with Gasteiger partial charge in [-0.2, -0.15) is 0 Å². The lowest BCUT2D eigenvalue weighted by Gasteiger charge is -2.40. The zero-order valence-electron chi connectivity index (χ0n) is 17.1. The largest absolute Gasteiger partial charge is 0.449 e. The molecule has 4 atom stereocenters. The van der Waals surface area contributed by atoms with Gasteiger partial charge in [-0.1, -0.05) is 0 Å². The van der Waals surface area contributed by atoms with E-state index in [4.69, 9.17) is 25.7 Å². The summed E-state index contributed by atoms with van der Waals surface area (Å²) in [4.78, 5) is 53.2. The lowest BCUT2D eigenvalue weighted by molar-refractivity contribution is -0.144. The van der Waals surface area contributed by atoms with Gasteiger partial charge in [0, 0.05) is 24.8 Å². The Hall–Kier alpha value is -3.08. The molecule has 3 heterocycles. The fraction of sp³-hybridized carbons (Fsp3) is 0.579. The first-order chi connectivity index (χ1) is 14.1. The van der Waals surface area contributed by atoms with Gasteiger partial charge < -0.3 is 30.6 Å². The van der Waals surface area contributed by atoms with Crippen LogP contribution in [0, 0.1) is 5.92 Å². The summed E-state index contributed by atoms with van der Waals surface area (Å²) in [6, 6.07) is -0.768. The number of carbonyl (C=O) groups excluding carboxylic acids is 4. The number of rotatable bonds is 4. The van der Waals surface area contributed by atoms with Crippen molar-refractivity contribution in [1.29, 1.82) is 0 Å². The Morgan fingerprint density at radius 1 is 1.27 bits per heavy atom. The number of carbonyl (C=O) groups is 4. The molecule has 162 valence electrons. The van der Waals surface area contributed by atoms with Crippen molar-refractivity contribution >= 4 is 23.8 Å². The van der Waals surface area contributed by atoms with Crippen LogP contribution in [0.15, 0.2) is 22.5 Å². The van der Waals surface area contributed by atoms with E-state index in [9.17, 15) is 19.2 Å². The van der Waals surface area contributed by atoms with Crippen LogP contribution in [-0.4, -0.2) is 77.7 Å². The van der Waals surface area contributed by atoms with E-state index in [2.05, 4.69) is 0 Å². The maximum absolute atomic E-state index is 13.0. The first-order valence-corrected chi connectivity index (χ1v) is 9.61. The van der Waals surface area contributed by atoms with E-state index in [0.717, 1.165) is 0 Å². The summed E-state index contributed by atoms with van der Waals surface area (Å²) in [5.74, 6) is -1.76. The van der Waals surface area contributed by atoms with Crippen molar-refractivity contribution in [2.24, 2.45) is 17.4 Å². The number of Topliss-reactive ketones (excluding diaryl/α,β-unsaturated/α-hetero) is 2. The Balaban J connectivity index is 1.77. The van der Waals surface area contributed by atoms with E-state index in [0.29, 0.717) is 0 Å². The van der Waals surface area contributed by atoms with Crippen LogP contribution in [0.2, 0.25) is 0 Å². The third-order valence-corrected chi connectivity index (χ3v) is 6.24. The number of amides is 2. The number of nitrogens with zero attached hydrogens (tertiary/aromatic N) is 2. The topological polar surface area (TPSA) is 154 Å². The molecule has 0 aromatic rings. The van der Waals surface area contributed by atoms with Crippen molar-refractivity contribution in [3.63, 3.8) is 0 Å². The SMILES string of the molecule is CO[C@]12C3C(CN1C1=C(C(=O)C(N)=C(C)C1=O)[C@H]2COC(N)=O)N3C(=O)OC(C)C. The highest BCUT2D eigenvalue weighted by Gasteiger charge is 2.78. The van der Waals surface area contributed by atoms with Crippen LogP contribution in [-0.2, 0) is 23.8 Å². The quantitative estimate of drug-likeness (QED) is 0.457. The molecule has 2 fully saturated rings. The van der Waals surface area contributed by atoms with Gasteiger partial charge in [0.25, 0.3) is 0 Å². The molecule has 11 nitrogen and oxygen atoms in total. The first-order valence-electron chi connectivity index (χ1n) is 9.61. The molecule has 4 rings (SSSR count). The summed E-state index contributed by atoms with van der Waals surface area (Å²) in [6.45, 7) is 4.93. The third-order valence-electron chi connectivity index (χ3n) is 6.24. The minimum atomic E-state index is -1.28. The summed E-state index contributed by atoms with van der Waals surface area (Å²) < 4.78 is 16.2. The number of allylic oxidation sites excluding steroid dienone is 2. The third kappa shape index (κ3) is 2.41. The molecule has 2 unspecified atom stereocenters. The molecule has 0 bridgehead atoms. The van der Waals surface area contributed by atoms with Crippen molar-refractivity contribution in [2.45, 2.75) is 44.7 Å². The molecule has 3 aliphatic heterocycles. The molecule has 2 amide bonds. The van der Waals surface area contributed by atoms with E-state index < -0.39 is 35.7 Å². The summed E-state index contributed by atoms with van der Waals surface area (Å²) in [5.41, 5.74) is 10.1. The molecule has 0 spiro atoms. The maximum Gasteiger partial charge on any atom is 0.410 e. The maximum atomic E-state index is 13.0. The summed E-state index contributed by atoms with van der Waals surface area (Å²) >= 11 is 0. The van der Waals surface area contributed by atoms with Crippen LogP contribution in [0.1, 0.15) is 20.8 Å². The van der Waals surface area contributed by atoms with Gasteiger partial charge in [0.05, 0.1) is 29.5 Å². The average Bonchev–Trinajstić information content (AvgIpc) is 3.19. The number of ketones is 2. The van der Waals surface area contributed by atoms with Crippen molar-refractivity contribution < 1.29 is 33.4 Å². The lowest BCUT2D eigenvalue weighted by atomic mass is 9.82. The van der Waals surface area contributed by atoms with E-state index >= 15 is 0 Å². The average molecular weight is 420 g/mol. The van der Waals surface area contributed by atoms with Gasteiger partial charge in [-0.15, -0.1) is 0 Å². The van der Waals surface area contributed by atoms with Crippen LogP contribution in [0.3, 0.4) is 0 Å². The van der Waals surface area contributed by atoms with Gasteiger partial charge >= 0.3 is 12.2 Å². The zero-order valence-corrected chi connectivity index (χ0v) is 17.1. The first kappa shape index (κ1) is 20.2. The Labute approximate surface area is 172 Å². The highest BCUT2D eigenvalue weighted by atomic mass is 16.6. The second-order valence-corrected chi connectivity index (χ2v) is 8.06. The van der Waals surface area contributed by atoms with E-state index in [1.165, 1.54) is 18.9 Å². The molecule has 30 heavy (non-hydrogen) atoms. The van der Waals surface area contributed by atoms with Gasteiger partial charge in [-0.25, -0.2) is 9.59 Å². The van der Waals surface area contributed by atoms with Gasteiger partial charge in [0.2, 0.25) is 11.6 Å². The Kier molecular flexibility index (Phi) is 4.35. The molecule has 4 N–H and O–H groups in total. The van der Waals surface area contributed by atoms with Crippen LogP contribution >= 0.6 is 0 Å². The van der Waals surface area contributed by atoms with Crippen LogP contribution in [0.25, 0.3) is 0 Å².